The van der Waals surface area contributed by atoms with Crippen molar-refractivity contribution in [2.75, 3.05) is 26.7 Å². The summed E-state index contributed by atoms with van der Waals surface area (Å²) in [7, 11) is 2.17. The minimum absolute atomic E-state index is 0.0318. The van der Waals surface area contributed by atoms with E-state index in [9.17, 15) is 9.50 Å². The van der Waals surface area contributed by atoms with E-state index in [1.165, 1.54) is 44.5 Å². The summed E-state index contributed by atoms with van der Waals surface area (Å²) in [5.74, 6) is 0.432. The second-order valence-electron chi connectivity index (χ2n) is 5.91. The van der Waals surface area contributed by atoms with Crippen LogP contribution in [0, 0.1) is 11.7 Å². The van der Waals surface area contributed by atoms with Gasteiger partial charge in [-0.25, -0.2) is 4.39 Å². The standard InChI is InChI=1S/C16H25FN2O/c1-12(15-4-3-14(17)11-16(15)20)18-8-5-13-6-9-19(2)10-7-13/h3-4,11-13,18,20H,5-10H2,1-2H3. The molecule has 0 spiro atoms. The highest BCUT2D eigenvalue weighted by Crippen LogP contribution is 2.25. The molecule has 0 radical (unpaired) electrons. The fourth-order valence-corrected chi connectivity index (χ4v) is 2.85. The van der Waals surface area contributed by atoms with Crippen molar-refractivity contribution in [2.24, 2.45) is 5.92 Å². The van der Waals surface area contributed by atoms with Gasteiger partial charge in [-0.05, 0) is 64.9 Å². The Morgan fingerprint density at radius 2 is 2.10 bits per heavy atom. The topological polar surface area (TPSA) is 35.5 Å². The highest BCUT2D eigenvalue weighted by atomic mass is 19.1. The Balaban J connectivity index is 1.76. The first-order valence-corrected chi connectivity index (χ1v) is 7.46. The molecule has 1 atom stereocenters. The molecule has 1 heterocycles. The largest absolute Gasteiger partial charge is 0.508 e. The molecule has 112 valence electrons. The lowest BCUT2D eigenvalue weighted by atomic mass is 9.93. The molecule has 1 saturated heterocycles. The Labute approximate surface area is 120 Å². The summed E-state index contributed by atoms with van der Waals surface area (Å²) >= 11 is 0. The van der Waals surface area contributed by atoms with Crippen LogP contribution in [0.25, 0.3) is 0 Å². The average Bonchev–Trinajstić information content (AvgIpc) is 2.41. The summed E-state index contributed by atoms with van der Waals surface area (Å²) in [5.41, 5.74) is 0.759. The van der Waals surface area contributed by atoms with Gasteiger partial charge in [0.2, 0.25) is 0 Å². The van der Waals surface area contributed by atoms with Crippen LogP contribution in [0.3, 0.4) is 0 Å². The zero-order chi connectivity index (χ0) is 14.5. The number of halogens is 1. The van der Waals surface area contributed by atoms with Crippen LogP contribution in [-0.2, 0) is 0 Å². The number of piperidine rings is 1. The fourth-order valence-electron chi connectivity index (χ4n) is 2.85. The third kappa shape index (κ3) is 4.18. The molecule has 0 aromatic heterocycles. The predicted molar refractivity (Wildman–Crippen MR) is 79.3 cm³/mol. The quantitative estimate of drug-likeness (QED) is 0.870. The van der Waals surface area contributed by atoms with Gasteiger partial charge in [0.1, 0.15) is 11.6 Å². The maximum absolute atomic E-state index is 13.0. The summed E-state index contributed by atoms with van der Waals surface area (Å²) < 4.78 is 13.0. The van der Waals surface area contributed by atoms with Crippen LogP contribution in [0.1, 0.15) is 37.8 Å². The van der Waals surface area contributed by atoms with E-state index in [0.717, 1.165) is 18.0 Å². The van der Waals surface area contributed by atoms with E-state index in [-0.39, 0.29) is 11.8 Å². The van der Waals surface area contributed by atoms with Gasteiger partial charge in [0.05, 0.1) is 0 Å². The highest BCUT2D eigenvalue weighted by molar-refractivity contribution is 5.34. The van der Waals surface area contributed by atoms with Crippen LogP contribution in [-0.4, -0.2) is 36.7 Å². The lowest BCUT2D eigenvalue weighted by molar-refractivity contribution is 0.210. The number of phenols is 1. The normalized spacial score (nSPS) is 19.1. The molecule has 1 unspecified atom stereocenters. The van der Waals surface area contributed by atoms with Gasteiger partial charge in [0.15, 0.2) is 0 Å². The first-order chi connectivity index (χ1) is 9.56. The van der Waals surface area contributed by atoms with E-state index in [2.05, 4.69) is 17.3 Å². The number of nitrogens with one attached hydrogen (secondary N) is 1. The molecule has 2 N–H and O–H groups in total. The molecule has 0 amide bonds. The molecule has 1 aliphatic heterocycles. The minimum atomic E-state index is -0.398. The third-order valence-electron chi connectivity index (χ3n) is 4.30. The maximum atomic E-state index is 13.0. The zero-order valence-corrected chi connectivity index (χ0v) is 12.4. The summed E-state index contributed by atoms with van der Waals surface area (Å²) in [5, 5.41) is 13.2. The molecule has 1 aliphatic rings. The molecule has 1 aromatic rings. The summed E-state index contributed by atoms with van der Waals surface area (Å²) in [6, 6.07) is 4.26. The minimum Gasteiger partial charge on any atom is -0.508 e. The van der Waals surface area contributed by atoms with Crippen molar-refractivity contribution in [3.05, 3.63) is 29.6 Å². The molecule has 3 nitrogen and oxygen atoms in total. The monoisotopic (exact) mass is 280 g/mol. The van der Waals surface area contributed by atoms with Crippen molar-refractivity contribution >= 4 is 0 Å². The second kappa shape index (κ2) is 7.04. The zero-order valence-electron chi connectivity index (χ0n) is 12.4. The maximum Gasteiger partial charge on any atom is 0.126 e. The fraction of sp³-hybridized carbons (Fsp3) is 0.625. The second-order valence-corrected chi connectivity index (χ2v) is 5.91. The number of hydrogen-bond acceptors (Lipinski definition) is 3. The Kier molecular flexibility index (Phi) is 5.38. The van der Waals surface area contributed by atoms with Crippen molar-refractivity contribution in [1.29, 1.82) is 0 Å². The van der Waals surface area contributed by atoms with Crippen molar-refractivity contribution in [2.45, 2.75) is 32.2 Å². The number of benzene rings is 1. The molecule has 0 bridgehead atoms. The van der Waals surface area contributed by atoms with Gasteiger partial charge in [-0.1, -0.05) is 6.07 Å². The number of rotatable bonds is 5. The highest BCUT2D eigenvalue weighted by Gasteiger charge is 2.17. The number of hydrogen-bond donors (Lipinski definition) is 2. The van der Waals surface area contributed by atoms with Gasteiger partial charge in [-0.15, -0.1) is 0 Å². The molecular weight excluding hydrogens is 255 g/mol. The van der Waals surface area contributed by atoms with Gasteiger partial charge in [-0.3, -0.25) is 0 Å². The summed E-state index contributed by atoms with van der Waals surface area (Å²) in [6.45, 7) is 5.33. The lowest BCUT2D eigenvalue weighted by Gasteiger charge is -2.29. The van der Waals surface area contributed by atoms with E-state index >= 15 is 0 Å². The molecule has 2 rings (SSSR count). The molecule has 1 aromatic carbocycles. The van der Waals surface area contributed by atoms with Crippen LogP contribution in [0.2, 0.25) is 0 Å². The average molecular weight is 280 g/mol. The molecule has 1 fully saturated rings. The van der Waals surface area contributed by atoms with Crippen LogP contribution in [0.15, 0.2) is 18.2 Å². The van der Waals surface area contributed by atoms with Crippen molar-refractivity contribution in [3.8, 4) is 5.75 Å². The van der Waals surface area contributed by atoms with Gasteiger partial charge in [0, 0.05) is 17.7 Å². The van der Waals surface area contributed by atoms with Crippen LogP contribution in [0.5, 0.6) is 5.75 Å². The van der Waals surface area contributed by atoms with Gasteiger partial charge in [-0.2, -0.15) is 0 Å². The first-order valence-electron chi connectivity index (χ1n) is 7.46. The molecule has 0 aliphatic carbocycles. The summed E-state index contributed by atoms with van der Waals surface area (Å²) in [4.78, 5) is 2.38. The first kappa shape index (κ1) is 15.3. The van der Waals surface area contributed by atoms with Gasteiger partial charge >= 0.3 is 0 Å². The number of nitrogens with zero attached hydrogens (tertiary/aromatic N) is 1. The Morgan fingerprint density at radius 3 is 2.75 bits per heavy atom. The van der Waals surface area contributed by atoms with Crippen molar-refractivity contribution in [3.63, 3.8) is 0 Å². The lowest BCUT2D eigenvalue weighted by Crippen LogP contribution is -2.32. The molecule has 0 saturated carbocycles. The smallest absolute Gasteiger partial charge is 0.126 e. The van der Waals surface area contributed by atoms with Gasteiger partial charge < -0.3 is 15.3 Å². The third-order valence-corrected chi connectivity index (χ3v) is 4.30. The van der Waals surface area contributed by atoms with E-state index in [0.29, 0.717) is 0 Å². The van der Waals surface area contributed by atoms with Crippen LogP contribution < -0.4 is 5.32 Å². The number of phenolic OH excluding ortho intramolecular Hbond substituents is 1. The van der Waals surface area contributed by atoms with E-state index in [1.54, 1.807) is 6.07 Å². The van der Waals surface area contributed by atoms with Crippen LogP contribution >= 0.6 is 0 Å². The predicted octanol–water partition coefficient (Wildman–Crippen LogP) is 2.91. The Hall–Kier alpha value is -1.13. The number of likely N-dealkylation sites (tertiary alicyclic amines) is 1. The molecular formula is C16H25FN2O. The van der Waals surface area contributed by atoms with Crippen molar-refractivity contribution in [1.82, 2.24) is 10.2 Å². The Morgan fingerprint density at radius 1 is 1.40 bits per heavy atom. The van der Waals surface area contributed by atoms with Gasteiger partial charge in [0.25, 0.3) is 0 Å². The molecule has 4 heteroatoms. The number of aromatic hydroxyl groups is 1. The van der Waals surface area contributed by atoms with E-state index in [4.69, 9.17) is 0 Å². The Bertz CT molecular complexity index is 430. The SMILES string of the molecule is CC(NCCC1CCN(C)CC1)c1ccc(F)cc1O. The van der Waals surface area contributed by atoms with Crippen molar-refractivity contribution < 1.29 is 9.50 Å². The molecule has 20 heavy (non-hydrogen) atoms. The van der Waals surface area contributed by atoms with Crippen LogP contribution in [0.4, 0.5) is 4.39 Å². The summed E-state index contributed by atoms with van der Waals surface area (Å²) in [6.07, 6.45) is 3.71. The van der Waals surface area contributed by atoms with E-state index < -0.39 is 5.82 Å². The van der Waals surface area contributed by atoms with E-state index in [1.807, 2.05) is 6.92 Å².